The van der Waals surface area contributed by atoms with Gasteiger partial charge in [-0.05, 0) is 33.1 Å². The largest absolute Gasteiger partial charge is 0.382 e. The van der Waals surface area contributed by atoms with Crippen LogP contribution in [0.15, 0.2) is 17.4 Å². The normalized spacial score (nSPS) is 16.8. The molecule has 11 heteroatoms. The zero-order chi connectivity index (χ0) is 21.3. The Morgan fingerprint density at radius 2 is 2.16 bits per heavy atom. The number of rotatable bonds is 9. The summed E-state index contributed by atoms with van der Waals surface area (Å²) in [5, 5.41) is 19.7. The van der Waals surface area contributed by atoms with Crippen molar-refractivity contribution in [1.29, 1.82) is 0 Å². The number of hydrogen-bond donors (Lipinski definition) is 2. The summed E-state index contributed by atoms with van der Waals surface area (Å²) in [7, 11) is 3.92. The minimum atomic E-state index is 0. The fourth-order valence-corrected chi connectivity index (χ4v) is 3.51. The highest BCUT2D eigenvalue weighted by Gasteiger charge is 2.22. The molecular formula is C20H36IN9O. The van der Waals surface area contributed by atoms with Crippen LogP contribution in [0.4, 0.5) is 5.69 Å². The molecule has 0 radical (unpaired) electrons. The van der Waals surface area contributed by atoms with Crippen molar-refractivity contribution in [3.63, 3.8) is 0 Å². The van der Waals surface area contributed by atoms with Gasteiger partial charge in [-0.3, -0.25) is 4.68 Å². The molecule has 0 spiro atoms. The maximum atomic E-state index is 5.44. The van der Waals surface area contributed by atoms with Crippen LogP contribution in [-0.4, -0.2) is 69.4 Å². The number of ether oxygens (including phenoxy) is 1. The average Bonchev–Trinajstić information content (AvgIpc) is 3.32. The van der Waals surface area contributed by atoms with Gasteiger partial charge in [0.1, 0.15) is 12.4 Å². The highest BCUT2D eigenvalue weighted by Crippen LogP contribution is 2.19. The number of anilines is 1. The first-order chi connectivity index (χ1) is 14.6. The van der Waals surface area contributed by atoms with Gasteiger partial charge in [-0.25, -0.2) is 4.99 Å². The number of aromatic nitrogens is 5. The molecule has 10 nitrogen and oxygen atoms in total. The van der Waals surface area contributed by atoms with E-state index in [9.17, 15) is 0 Å². The highest BCUT2D eigenvalue weighted by molar-refractivity contribution is 14.0. The van der Waals surface area contributed by atoms with Crippen LogP contribution >= 0.6 is 24.0 Å². The summed E-state index contributed by atoms with van der Waals surface area (Å²) < 4.78 is 9.26. The van der Waals surface area contributed by atoms with Gasteiger partial charge in [0.15, 0.2) is 11.8 Å². The number of aliphatic imine (C=N–C) groups is 1. The third kappa shape index (κ3) is 7.63. The molecule has 1 unspecified atom stereocenters. The number of aryl methyl sites for hydroxylation is 2. The van der Waals surface area contributed by atoms with Crippen LogP contribution in [0.3, 0.4) is 0 Å². The van der Waals surface area contributed by atoms with E-state index in [1.807, 2.05) is 43.4 Å². The summed E-state index contributed by atoms with van der Waals surface area (Å²) in [4.78, 5) is 7.16. The molecule has 0 amide bonds. The van der Waals surface area contributed by atoms with E-state index in [2.05, 4.69) is 37.0 Å². The summed E-state index contributed by atoms with van der Waals surface area (Å²) in [5.41, 5.74) is 1.17. The first kappa shape index (κ1) is 25.4. The van der Waals surface area contributed by atoms with Gasteiger partial charge in [-0.1, -0.05) is 0 Å². The van der Waals surface area contributed by atoms with Crippen LogP contribution in [0.1, 0.15) is 37.8 Å². The van der Waals surface area contributed by atoms with Gasteiger partial charge in [0.2, 0.25) is 0 Å². The van der Waals surface area contributed by atoms with E-state index in [4.69, 9.17) is 9.73 Å². The SMILES string of the molecule is CCOCCCNC(=NCc1nnc(C)n1C)NC1CCCN(c2cnn(C)c2)C1.I. The number of halogens is 1. The van der Waals surface area contributed by atoms with E-state index >= 15 is 0 Å². The molecule has 2 aromatic rings. The lowest BCUT2D eigenvalue weighted by Gasteiger charge is -2.34. The molecule has 174 valence electrons. The summed E-state index contributed by atoms with van der Waals surface area (Å²) in [5.74, 6) is 2.55. The fraction of sp³-hybridized carbons (Fsp3) is 0.700. The molecule has 3 rings (SSSR count). The standard InChI is InChI=1S/C20H35N9O.HI/c1-5-30-11-7-9-21-20(22-13-19-26-25-16(2)28(19)4)24-17-8-6-10-29(14-17)18-12-23-27(3)15-18;/h12,15,17H,5-11,13-14H2,1-4H3,(H2,21,22,24);1H. The number of piperidine rings is 1. The molecule has 2 N–H and O–H groups in total. The Morgan fingerprint density at radius 3 is 2.84 bits per heavy atom. The topological polar surface area (TPSA) is 97.4 Å². The summed E-state index contributed by atoms with van der Waals surface area (Å²) >= 11 is 0. The monoisotopic (exact) mass is 545 g/mol. The Hall–Kier alpha value is -1.89. The molecule has 3 heterocycles. The number of guanidine groups is 1. The summed E-state index contributed by atoms with van der Waals surface area (Å²) in [6.07, 6.45) is 7.18. The van der Waals surface area contributed by atoms with Gasteiger partial charge in [0, 0.05) is 59.2 Å². The van der Waals surface area contributed by atoms with E-state index < -0.39 is 0 Å². The second-order valence-electron chi connectivity index (χ2n) is 7.67. The van der Waals surface area contributed by atoms with Crippen molar-refractivity contribution in [2.24, 2.45) is 19.1 Å². The third-order valence-corrected chi connectivity index (χ3v) is 5.34. The van der Waals surface area contributed by atoms with E-state index in [1.165, 1.54) is 5.69 Å². The maximum Gasteiger partial charge on any atom is 0.191 e. The van der Waals surface area contributed by atoms with Crippen LogP contribution < -0.4 is 15.5 Å². The van der Waals surface area contributed by atoms with Gasteiger partial charge in [-0.15, -0.1) is 34.2 Å². The summed E-state index contributed by atoms with van der Waals surface area (Å²) in [6.45, 7) is 8.72. The molecule has 1 atom stereocenters. The molecule has 1 fully saturated rings. The lowest BCUT2D eigenvalue weighted by Crippen LogP contribution is -2.51. The Morgan fingerprint density at radius 1 is 1.32 bits per heavy atom. The van der Waals surface area contributed by atoms with Crippen molar-refractivity contribution in [1.82, 2.24) is 35.2 Å². The predicted octanol–water partition coefficient (Wildman–Crippen LogP) is 1.61. The van der Waals surface area contributed by atoms with Gasteiger partial charge in [-0.2, -0.15) is 5.10 Å². The van der Waals surface area contributed by atoms with Gasteiger partial charge >= 0.3 is 0 Å². The molecule has 0 bridgehead atoms. The molecule has 0 saturated carbocycles. The van der Waals surface area contributed by atoms with Gasteiger partial charge in [0.05, 0.1) is 11.9 Å². The molecule has 1 aliphatic heterocycles. The molecule has 0 aromatic carbocycles. The molecule has 1 aliphatic rings. The van der Waals surface area contributed by atoms with Crippen LogP contribution in [0.25, 0.3) is 0 Å². The number of nitrogens with zero attached hydrogens (tertiary/aromatic N) is 7. The van der Waals surface area contributed by atoms with Crippen LogP contribution in [0.2, 0.25) is 0 Å². The van der Waals surface area contributed by atoms with Crippen molar-refractivity contribution in [2.75, 3.05) is 37.7 Å². The van der Waals surface area contributed by atoms with E-state index in [0.717, 1.165) is 69.7 Å². The zero-order valence-corrected chi connectivity index (χ0v) is 21.4. The van der Waals surface area contributed by atoms with Crippen molar-refractivity contribution in [3.8, 4) is 0 Å². The Kier molecular flexibility index (Phi) is 10.5. The van der Waals surface area contributed by atoms with Gasteiger partial charge in [0.25, 0.3) is 0 Å². The average molecular weight is 545 g/mol. The van der Waals surface area contributed by atoms with Crippen LogP contribution in [0, 0.1) is 6.92 Å². The van der Waals surface area contributed by atoms with Crippen molar-refractivity contribution in [2.45, 2.75) is 45.7 Å². The maximum absolute atomic E-state index is 5.44. The van der Waals surface area contributed by atoms with E-state index in [1.54, 1.807) is 0 Å². The molecular weight excluding hydrogens is 509 g/mol. The second kappa shape index (κ2) is 12.8. The summed E-state index contributed by atoms with van der Waals surface area (Å²) in [6, 6.07) is 0.318. The van der Waals surface area contributed by atoms with E-state index in [-0.39, 0.29) is 24.0 Å². The Labute approximate surface area is 201 Å². The fourth-order valence-electron chi connectivity index (χ4n) is 3.51. The van der Waals surface area contributed by atoms with Crippen molar-refractivity contribution < 1.29 is 4.74 Å². The quantitative estimate of drug-likeness (QED) is 0.214. The Balaban J connectivity index is 0.00000341. The smallest absolute Gasteiger partial charge is 0.191 e. The predicted molar refractivity (Wildman–Crippen MR) is 133 cm³/mol. The first-order valence-electron chi connectivity index (χ1n) is 10.8. The van der Waals surface area contributed by atoms with Crippen LogP contribution in [0.5, 0.6) is 0 Å². The lowest BCUT2D eigenvalue weighted by atomic mass is 10.1. The molecule has 2 aromatic heterocycles. The molecule has 31 heavy (non-hydrogen) atoms. The van der Waals surface area contributed by atoms with Crippen molar-refractivity contribution >= 4 is 35.6 Å². The van der Waals surface area contributed by atoms with Gasteiger partial charge < -0.3 is 24.8 Å². The third-order valence-electron chi connectivity index (χ3n) is 5.34. The minimum absolute atomic E-state index is 0. The minimum Gasteiger partial charge on any atom is -0.382 e. The van der Waals surface area contributed by atoms with Crippen molar-refractivity contribution in [3.05, 3.63) is 24.0 Å². The Bertz CT molecular complexity index is 819. The highest BCUT2D eigenvalue weighted by atomic mass is 127. The zero-order valence-electron chi connectivity index (χ0n) is 19.0. The van der Waals surface area contributed by atoms with Crippen LogP contribution in [-0.2, 0) is 25.4 Å². The van der Waals surface area contributed by atoms with E-state index in [0.29, 0.717) is 12.6 Å². The number of hydrogen-bond acceptors (Lipinski definition) is 6. The number of nitrogens with one attached hydrogen (secondary N) is 2. The first-order valence-corrected chi connectivity index (χ1v) is 10.8. The molecule has 1 saturated heterocycles. The second-order valence-corrected chi connectivity index (χ2v) is 7.67. The lowest BCUT2D eigenvalue weighted by molar-refractivity contribution is 0.145. The molecule has 0 aliphatic carbocycles.